The molecule has 0 fully saturated rings. The van der Waals surface area contributed by atoms with Gasteiger partial charge in [-0.1, -0.05) is 6.92 Å². The molecule has 0 saturated carbocycles. The Morgan fingerprint density at radius 2 is 1.26 bits per heavy atom. The summed E-state index contributed by atoms with van der Waals surface area (Å²) < 4.78 is 82.4. The van der Waals surface area contributed by atoms with Crippen molar-refractivity contribution in [1.82, 2.24) is 0 Å². The normalized spacial score (nSPS) is 13.4. The summed E-state index contributed by atoms with van der Waals surface area (Å²) >= 11 is 0. The first-order chi connectivity index (χ1) is 10.8. The monoisotopic (exact) mass is 358 g/mol. The summed E-state index contributed by atoms with van der Waals surface area (Å²) in [6.07, 6.45) is 0. The fourth-order valence-electron chi connectivity index (χ4n) is 1.96. The van der Waals surface area contributed by atoms with E-state index in [1.807, 2.05) is 0 Å². The molecule has 9 heteroatoms. The minimum Gasteiger partial charge on any atom is -0.379 e. The van der Waals surface area contributed by atoms with Crippen molar-refractivity contribution in [3.63, 3.8) is 0 Å². The molecule has 132 valence electrons. The van der Waals surface area contributed by atoms with Gasteiger partial charge in [-0.25, -0.2) is 22.0 Å². The van der Waals surface area contributed by atoms with E-state index >= 15 is 0 Å². The molecular formula is C14H19F5O3Si. The first-order valence-electron chi connectivity index (χ1n) is 7.21. The predicted molar refractivity (Wildman–Crippen MR) is 76.1 cm³/mol. The highest BCUT2D eigenvalue weighted by Crippen LogP contribution is 2.30. The Kier molecular flexibility index (Phi) is 8.10. The SMILES string of the molecule is CCOC(OCC)O[SiH2]CC(C)c1c(F)c(F)c(F)c(F)c1F. The molecular weight excluding hydrogens is 339 g/mol. The largest absolute Gasteiger partial charge is 0.379 e. The lowest BCUT2D eigenvalue weighted by Gasteiger charge is -2.19. The third kappa shape index (κ3) is 4.97. The van der Waals surface area contributed by atoms with Gasteiger partial charge in [0.2, 0.25) is 5.82 Å². The van der Waals surface area contributed by atoms with Gasteiger partial charge in [0.1, 0.15) is 0 Å². The summed E-state index contributed by atoms with van der Waals surface area (Å²) in [5.41, 5.74) is -0.818. The number of benzene rings is 1. The lowest BCUT2D eigenvalue weighted by atomic mass is 10.0. The highest BCUT2D eigenvalue weighted by atomic mass is 28.2. The molecule has 0 radical (unpaired) electrons. The van der Waals surface area contributed by atoms with Gasteiger partial charge in [-0.2, -0.15) is 0 Å². The molecule has 0 heterocycles. The van der Waals surface area contributed by atoms with Crippen molar-refractivity contribution >= 4 is 9.76 Å². The molecule has 0 aromatic heterocycles. The molecule has 23 heavy (non-hydrogen) atoms. The molecule has 1 aromatic carbocycles. The lowest BCUT2D eigenvalue weighted by molar-refractivity contribution is -0.243. The van der Waals surface area contributed by atoms with Crippen LogP contribution in [0.2, 0.25) is 6.04 Å². The summed E-state index contributed by atoms with van der Waals surface area (Å²) in [6.45, 7) is 4.70. The van der Waals surface area contributed by atoms with Gasteiger partial charge in [-0.05, 0) is 25.8 Å². The van der Waals surface area contributed by atoms with Gasteiger partial charge < -0.3 is 13.9 Å². The van der Waals surface area contributed by atoms with Crippen LogP contribution in [0.4, 0.5) is 22.0 Å². The van der Waals surface area contributed by atoms with Crippen LogP contribution >= 0.6 is 0 Å². The minimum absolute atomic E-state index is 0.162. The molecule has 1 atom stereocenters. The van der Waals surface area contributed by atoms with E-state index in [4.69, 9.17) is 13.9 Å². The van der Waals surface area contributed by atoms with E-state index in [1.54, 1.807) is 13.8 Å². The average molecular weight is 358 g/mol. The van der Waals surface area contributed by atoms with Crippen molar-refractivity contribution in [3.05, 3.63) is 34.6 Å². The number of hydrogen-bond acceptors (Lipinski definition) is 3. The number of rotatable bonds is 9. The average Bonchev–Trinajstić information content (AvgIpc) is 2.51. The lowest BCUT2D eigenvalue weighted by Crippen LogP contribution is -2.23. The van der Waals surface area contributed by atoms with Crippen LogP contribution < -0.4 is 0 Å². The molecule has 0 saturated heterocycles. The number of hydrogen-bond donors (Lipinski definition) is 0. The maximum absolute atomic E-state index is 13.7. The highest BCUT2D eigenvalue weighted by Gasteiger charge is 2.28. The molecule has 1 unspecified atom stereocenters. The van der Waals surface area contributed by atoms with E-state index in [0.29, 0.717) is 13.2 Å². The maximum atomic E-state index is 13.7. The fraction of sp³-hybridized carbons (Fsp3) is 0.571. The quantitative estimate of drug-likeness (QED) is 0.223. The summed E-state index contributed by atoms with van der Waals surface area (Å²) in [5, 5.41) is 0. The summed E-state index contributed by atoms with van der Waals surface area (Å²) in [6, 6.07) is 0.162. The van der Waals surface area contributed by atoms with Gasteiger partial charge in [0.05, 0.1) is 0 Å². The van der Waals surface area contributed by atoms with Crippen LogP contribution in [0.15, 0.2) is 0 Å². The third-order valence-corrected chi connectivity index (χ3v) is 4.76. The molecule has 0 aliphatic rings. The minimum atomic E-state index is -2.16. The molecule has 0 amide bonds. The third-order valence-electron chi connectivity index (χ3n) is 3.15. The van der Waals surface area contributed by atoms with E-state index < -0.39 is 56.8 Å². The first kappa shape index (κ1) is 20.0. The van der Waals surface area contributed by atoms with Gasteiger partial charge in [0.15, 0.2) is 33.0 Å². The zero-order chi connectivity index (χ0) is 17.6. The van der Waals surface area contributed by atoms with Crippen molar-refractivity contribution < 1.29 is 35.9 Å². The second-order valence-corrected chi connectivity index (χ2v) is 6.06. The second kappa shape index (κ2) is 9.31. The van der Waals surface area contributed by atoms with Crippen LogP contribution in [0, 0.1) is 29.1 Å². The Hall–Kier alpha value is -1.03. The van der Waals surface area contributed by atoms with Gasteiger partial charge in [-0.15, -0.1) is 0 Å². The Morgan fingerprint density at radius 3 is 1.70 bits per heavy atom. The van der Waals surface area contributed by atoms with E-state index in [-0.39, 0.29) is 6.04 Å². The molecule has 1 rings (SSSR count). The van der Waals surface area contributed by atoms with Gasteiger partial charge in [-0.3, -0.25) is 0 Å². The zero-order valence-corrected chi connectivity index (χ0v) is 14.5. The van der Waals surface area contributed by atoms with Gasteiger partial charge in [0.25, 0.3) is 6.48 Å². The number of halogens is 5. The van der Waals surface area contributed by atoms with E-state index in [1.165, 1.54) is 6.92 Å². The van der Waals surface area contributed by atoms with Gasteiger partial charge in [0, 0.05) is 18.8 Å². The summed E-state index contributed by atoms with van der Waals surface area (Å²) in [4.78, 5) is 0. The molecule has 0 spiro atoms. The van der Waals surface area contributed by atoms with Crippen LogP contribution in [0.1, 0.15) is 32.3 Å². The van der Waals surface area contributed by atoms with Crippen LogP contribution in [0.25, 0.3) is 0 Å². The Balaban J connectivity index is 2.77. The fourth-order valence-corrected chi connectivity index (χ4v) is 3.12. The highest BCUT2D eigenvalue weighted by molar-refractivity contribution is 6.27. The Bertz CT molecular complexity index is 495. The van der Waals surface area contributed by atoms with Crippen molar-refractivity contribution in [2.75, 3.05) is 13.2 Å². The van der Waals surface area contributed by atoms with Crippen molar-refractivity contribution in [1.29, 1.82) is 0 Å². The van der Waals surface area contributed by atoms with E-state index in [2.05, 4.69) is 0 Å². The van der Waals surface area contributed by atoms with Crippen molar-refractivity contribution in [3.8, 4) is 0 Å². The van der Waals surface area contributed by atoms with E-state index in [0.717, 1.165) is 0 Å². The van der Waals surface area contributed by atoms with Crippen LogP contribution in [-0.2, 0) is 13.9 Å². The molecule has 0 bridgehead atoms. The predicted octanol–water partition coefficient (Wildman–Crippen LogP) is 3.36. The van der Waals surface area contributed by atoms with E-state index in [9.17, 15) is 22.0 Å². The molecule has 1 aromatic rings. The standard InChI is InChI=1S/C14H19F5O3Si/c1-4-20-14(21-5-2)22-23-6-7(3)8-9(15)11(17)13(19)12(18)10(8)16/h7,14H,4-6,23H2,1-3H3. The van der Waals surface area contributed by atoms with Crippen molar-refractivity contribution in [2.24, 2.45) is 0 Å². The first-order valence-corrected chi connectivity index (χ1v) is 8.78. The Labute approximate surface area is 133 Å². The molecule has 3 nitrogen and oxygen atoms in total. The van der Waals surface area contributed by atoms with Crippen LogP contribution in [-0.4, -0.2) is 29.5 Å². The van der Waals surface area contributed by atoms with Crippen LogP contribution in [0.3, 0.4) is 0 Å². The number of ether oxygens (including phenoxy) is 2. The molecule has 0 aliphatic heterocycles. The maximum Gasteiger partial charge on any atom is 0.261 e. The van der Waals surface area contributed by atoms with Crippen molar-refractivity contribution in [2.45, 2.75) is 39.2 Å². The van der Waals surface area contributed by atoms with Gasteiger partial charge >= 0.3 is 0 Å². The van der Waals surface area contributed by atoms with Crippen LogP contribution in [0.5, 0.6) is 0 Å². The smallest absolute Gasteiger partial charge is 0.261 e. The second-order valence-electron chi connectivity index (χ2n) is 4.74. The molecule has 0 aliphatic carbocycles. The Morgan fingerprint density at radius 1 is 0.826 bits per heavy atom. The molecule has 0 N–H and O–H groups in total. The zero-order valence-electron chi connectivity index (χ0n) is 13.1. The topological polar surface area (TPSA) is 27.7 Å². The summed E-state index contributed by atoms with van der Waals surface area (Å²) in [7, 11) is -1.36. The summed E-state index contributed by atoms with van der Waals surface area (Å²) in [5.74, 6) is -10.5.